The molecule has 0 aromatic carbocycles. The molecule has 1 heterocycles. The van der Waals surface area contributed by atoms with Crippen molar-refractivity contribution >= 4 is 17.4 Å². The van der Waals surface area contributed by atoms with Crippen LogP contribution in [0.25, 0.3) is 0 Å². The molecule has 2 nitrogen and oxygen atoms in total. The fraction of sp³-hybridized carbons (Fsp3) is 0.167. The Morgan fingerprint density at radius 3 is 2.89 bits per heavy atom. The highest BCUT2D eigenvalue weighted by Crippen LogP contribution is 2.15. The second kappa shape index (κ2) is 2.69. The van der Waals surface area contributed by atoms with Crippen molar-refractivity contribution in [3.8, 4) is 0 Å². The standard InChI is InChI=1S/C6H7ClN2/c1-8-6-5(7)3-2-4-9-6/h2-4H,1H3,(H,8,9). The van der Waals surface area contributed by atoms with E-state index in [2.05, 4.69) is 10.3 Å². The SMILES string of the molecule is CNc1ncccc1Cl. The number of rotatable bonds is 1. The summed E-state index contributed by atoms with van der Waals surface area (Å²) >= 11 is 5.70. The van der Waals surface area contributed by atoms with Crippen molar-refractivity contribution < 1.29 is 0 Å². The maximum atomic E-state index is 5.70. The fourth-order valence-electron chi connectivity index (χ4n) is 0.570. The highest BCUT2D eigenvalue weighted by atomic mass is 35.5. The molecule has 0 saturated carbocycles. The van der Waals surface area contributed by atoms with Crippen LogP contribution in [0.4, 0.5) is 5.82 Å². The van der Waals surface area contributed by atoms with E-state index < -0.39 is 0 Å². The molecule has 0 amide bonds. The molecular formula is C6H7ClN2. The highest BCUT2D eigenvalue weighted by Gasteiger charge is 1.93. The molecule has 1 rings (SSSR count). The topological polar surface area (TPSA) is 24.9 Å². The molecule has 0 fully saturated rings. The Morgan fingerprint density at radius 2 is 2.44 bits per heavy atom. The van der Waals surface area contributed by atoms with Crippen molar-refractivity contribution in [2.45, 2.75) is 0 Å². The Balaban J connectivity index is 3.01. The monoisotopic (exact) mass is 142 g/mol. The number of halogens is 1. The average molecular weight is 143 g/mol. The van der Waals surface area contributed by atoms with Gasteiger partial charge in [-0.05, 0) is 12.1 Å². The largest absolute Gasteiger partial charge is 0.372 e. The van der Waals surface area contributed by atoms with Crippen molar-refractivity contribution in [2.75, 3.05) is 12.4 Å². The molecule has 1 aromatic heterocycles. The van der Waals surface area contributed by atoms with Gasteiger partial charge in [0.05, 0.1) is 5.02 Å². The first-order chi connectivity index (χ1) is 4.34. The summed E-state index contributed by atoms with van der Waals surface area (Å²) in [6.07, 6.45) is 1.69. The number of hydrogen-bond acceptors (Lipinski definition) is 2. The summed E-state index contributed by atoms with van der Waals surface area (Å²) < 4.78 is 0. The van der Waals surface area contributed by atoms with Crippen LogP contribution in [-0.2, 0) is 0 Å². The molecule has 3 heteroatoms. The second-order valence-electron chi connectivity index (χ2n) is 1.58. The molecule has 0 saturated heterocycles. The Hall–Kier alpha value is -0.760. The summed E-state index contributed by atoms with van der Waals surface area (Å²) in [7, 11) is 1.79. The van der Waals surface area contributed by atoms with Gasteiger partial charge in [0.15, 0.2) is 0 Å². The van der Waals surface area contributed by atoms with E-state index in [1.165, 1.54) is 0 Å². The van der Waals surface area contributed by atoms with Crippen molar-refractivity contribution in [3.63, 3.8) is 0 Å². The van der Waals surface area contributed by atoms with Crippen LogP contribution in [0.15, 0.2) is 18.3 Å². The van der Waals surface area contributed by atoms with E-state index in [0.717, 1.165) is 5.82 Å². The summed E-state index contributed by atoms with van der Waals surface area (Å²) in [5, 5.41) is 3.50. The van der Waals surface area contributed by atoms with Gasteiger partial charge in [0, 0.05) is 13.2 Å². The smallest absolute Gasteiger partial charge is 0.144 e. The summed E-state index contributed by atoms with van der Waals surface area (Å²) in [5.41, 5.74) is 0. The van der Waals surface area contributed by atoms with E-state index in [1.807, 2.05) is 0 Å². The normalized spacial score (nSPS) is 9.11. The lowest BCUT2D eigenvalue weighted by Crippen LogP contribution is -1.90. The van der Waals surface area contributed by atoms with Crippen LogP contribution in [0.1, 0.15) is 0 Å². The minimum atomic E-state index is 0.653. The van der Waals surface area contributed by atoms with Crippen LogP contribution in [0.5, 0.6) is 0 Å². The summed E-state index contributed by atoms with van der Waals surface area (Å²) in [5.74, 6) is 0.721. The molecule has 0 bridgehead atoms. The Bertz CT molecular complexity index is 200. The van der Waals surface area contributed by atoms with Gasteiger partial charge in [-0.15, -0.1) is 0 Å². The van der Waals surface area contributed by atoms with E-state index in [9.17, 15) is 0 Å². The van der Waals surface area contributed by atoms with Gasteiger partial charge in [-0.25, -0.2) is 4.98 Å². The summed E-state index contributed by atoms with van der Waals surface area (Å²) in [6, 6.07) is 3.59. The molecule has 0 aliphatic heterocycles. The first kappa shape index (κ1) is 6.36. The Kier molecular flexibility index (Phi) is 1.90. The Morgan fingerprint density at radius 1 is 1.67 bits per heavy atom. The molecule has 0 radical (unpaired) electrons. The van der Waals surface area contributed by atoms with Gasteiger partial charge in [-0.2, -0.15) is 0 Å². The average Bonchev–Trinajstić information content (AvgIpc) is 1.89. The van der Waals surface area contributed by atoms with E-state index in [0.29, 0.717) is 5.02 Å². The van der Waals surface area contributed by atoms with Crippen LogP contribution in [-0.4, -0.2) is 12.0 Å². The third kappa shape index (κ3) is 1.33. The lowest BCUT2D eigenvalue weighted by molar-refractivity contribution is 1.29. The van der Waals surface area contributed by atoms with Gasteiger partial charge in [-0.3, -0.25) is 0 Å². The molecule has 0 spiro atoms. The third-order valence-electron chi connectivity index (χ3n) is 0.995. The number of anilines is 1. The van der Waals surface area contributed by atoms with Gasteiger partial charge < -0.3 is 5.32 Å². The molecular weight excluding hydrogens is 136 g/mol. The fourth-order valence-corrected chi connectivity index (χ4v) is 0.786. The number of aromatic nitrogens is 1. The van der Waals surface area contributed by atoms with Crippen molar-refractivity contribution in [3.05, 3.63) is 23.4 Å². The van der Waals surface area contributed by atoms with Crippen LogP contribution in [0.3, 0.4) is 0 Å². The van der Waals surface area contributed by atoms with Gasteiger partial charge >= 0.3 is 0 Å². The minimum Gasteiger partial charge on any atom is -0.372 e. The molecule has 1 N–H and O–H groups in total. The predicted molar refractivity (Wildman–Crippen MR) is 38.8 cm³/mol. The molecule has 1 aromatic rings. The van der Waals surface area contributed by atoms with E-state index >= 15 is 0 Å². The third-order valence-corrected chi connectivity index (χ3v) is 1.30. The number of pyridine rings is 1. The van der Waals surface area contributed by atoms with Gasteiger partial charge in [0.25, 0.3) is 0 Å². The zero-order valence-corrected chi connectivity index (χ0v) is 5.81. The van der Waals surface area contributed by atoms with Crippen molar-refractivity contribution in [2.24, 2.45) is 0 Å². The van der Waals surface area contributed by atoms with E-state index in [-0.39, 0.29) is 0 Å². The lowest BCUT2D eigenvalue weighted by Gasteiger charge is -1.97. The van der Waals surface area contributed by atoms with Crippen LogP contribution in [0.2, 0.25) is 5.02 Å². The molecule has 9 heavy (non-hydrogen) atoms. The van der Waals surface area contributed by atoms with E-state index in [1.54, 1.807) is 25.4 Å². The zero-order chi connectivity index (χ0) is 6.69. The van der Waals surface area contributed by atoms with E-state index in [4.69, 9.17) is 11.6 Å². The van der Waals surface area contributed by atoms with Gasteiger partial charge in [0.2, 0.25) is 0 Å². The highest BCUT2D eigenvalue weighted by molar-refractivity contribution is 6.32. The van der Waals surface area contributed by atoms with Crippen molar-refractivity contribution in [1.82, 2.24) is 4.98 Å². The predicted octanol–water partition coefficient (Wildman–Crippen LogP) is 1.78. The summed E-state index contributed by atoms with van der Waals surface area (Å²) in [6.45, 7) is 0. The van der Waals surface area contributed by atoms with Gasteiger partial charge in [-0.1, -0.05) is 11.6 Å². The molecule has 0 unspecified atom stereocenters. The van der Waals surface area contributed by atoms with Crippen LogP contribution < -0.4 is 5.32 Å². The van der Waals surface area contributed by atoms with Crippen LogP contribution in [0, 0.1) is 0 Å². The molecule has 0 aliphatic carbocycles. The van der Waals surface area contributed by atoms with Crippen molar-refractivity contribution in [1.29, 1.82) is 0 Å². The first-order valence-corrected chi connectivity index (χ1v) is 3.00. The number of nitrogens with one attached hydrogen (secondary N) is 1. The number of nitrogens with zero attached hydrogens (tertiary/aromatic N) is 1. The quantitative estimate of drug-likeness (QED) is 0.647. The molecule has 48 valence electrons. The molecule has 0 atom stereocenters. The second-order valence-corrected chi connectivity index (χ2v) is 1.99. The van der Waals surface area contributed by atoms with Crippen LogP contribution >= 0.6 is 11.6 Å². The molecule has 0 aliphatic rings. The summed E-state index contributed by atoms with van der Waals surface area (Å²) in [4.78, 5) is 3.95. The first-order valence-electron chi connectivity index (χ1n) is 2.63. The maximum absolute atomic E-state index is 5.70. The lowest BCUT2D eigenvalue weighted by atomic mass is 10.5. The maximum Gasteiger partial charge on any atom is 0.144 e. The van der Waals surface area contributed by atoms with Gasteiger partial charge in [0.1, 0.15) is 5.82 Å². The zero-order valence-electron chi connectivity index (χ0n) is 5.06. The Labute approximate surface area is 58.9 Å². The minimum absolute atomic E-state index is 0.653. The number of hydrogen-bond donors (Lipinski definition) is 1.